The fraction of sp³-hybridized carbons (Fsp3) is 0.586. The molecule has 212 valence electrons. The van der Waals surface area contributed by atoms with E-state index in [-0.39, 0.29) is 40.7 Å². The number of aromatic nitrogens is 2. The predicted octanol–water partition coefficient (Wildman–Crippen LogP) is 1.08. The molecule has 2 unspecified atom stereocenters. The number of carbonyl (C=O) groups excluding carboxylic acids is 4. The standard InChI is InChI=1S/C29H36N6O5/c1-29(2)19-13-35(28(39)20(11-15-7-8-15)32-26(37)17-9-10-40-14-17)24(21(19)29)27(38)33-23(25(30)36)22-18-6-4-3-5-16(18)12-31-34-22/h3-6,12,15,17,19-21,23-24H,7-11,13-14H2,1-2H3,(H2,30,36)(H,32,37)(H,33,38)/t17-,19-,20?,21-,23?,24-/m0/s1. The van der Waals surface area contributed by atoms with Crippen molar-refractivity contribution < 1.29 is 23.9 Å². The summed E-state index contributed by atoms with van der Waals surface area (Å²) in [4.78, 5) is 55.1. The van der Waals surface area contributed by atoms with Gasteiger partial charge in [-0.25, -0.2) is 0 Å². The molecule has 3 heterocycles. The molecule has 1 aromatic heterocycles. The molecule has 6 rings (SSSR count). The molecule has 2 saturated carbocycles. The number of primary amides is 1. The smallest absolute Gasteiger partial charge is 0.246 e. The molecule has 2 aliphatic heterocycles. The summed E-state index contributed by atoms with van der Waals surface area (Å²) < 4.78 is 5.37. The zero-order valence-electron chi connectivity index (χ0n) is 22.8. The normalized spacial score (nSPS) is 28.0. The maximum atomic E-state index is 14.0. The Labute approximate surface area is 232 Å². The van der Waals surface area contributed by atoms with Crippen molar-refractivity contribution in [2.75, 3.05) is 19.8 Å². The molecule has 11 heteroatoms. The highest BCUT2D eigenvalue weighted by atomic mass is 16.5. The third-order valence-electron chi connectivity index (χ3n) is 9.38. The van der Waals surface area contributed by atoms with Crippen molar-refractivity contribution in [3.63, 3.8) is 0 Å². The second-order valence-corrected chi connectivity index (χ2v) is 12.4. The van der Waals surface area contributed by atoms with E-state index < -0.39 is 29.9 Å². The summed E-state index contributed by atoms with van der Waals surface area (Å²) in [6, 6.07) is 4.60. The molecular formula is C29H36N6O5. The van der Waals surface area contributed by atoms with E-state index in [0.717, 1.165) is 18.2 Å². The minimum atomic E-state index is -1.21. The Bertz CT molecular complexity index is 1350. The Morgan fingerprint density at radius 2 is 1.90 bits per heavy atom. The lowest BCUT2D eigenvalue weighted by Crippen LogP contribution is -2.57. The van der Waals surface area contributed by atoms with Crippen LogP contribution in [0.3, 0.4) is 0 Å². The number of likely N-dealkylation sites (tertiary alicyclic amines) is 1. The van der Waals surface area contributed by atoms with Crippen LogP contribution in [0.5, 0.6) is 0 Å². The molecule has 1 aromatic carbocycles. The van der Waals surface area contributed by atoms with Gasteiger partial charge in [-0.15, -0.1) is 0 Å². The van der Waals surface area contributed by atoms with Crippen molar-refractivity contribution in [3.8, 4) is 0 Å². The molecule has 4 fully saturated rings. The van der Waals surface area contributed by atoms with Crippen LogP contribution in [0.2, 0.25) is 0 Å². The highest BCUT2D eigenvalue weighted by Gasteiger charge is 2.69. The van der Waals surface area contributed by atoms with E-state index in [9.17, 15) is 19.2 Å². The molecular weight excluding hydrogens is 512 g/mol. The number of hydrogen-bond acceptors (Lipinski definition) is 7. The number of hydrogen-bond donors (Lipinski definition) is 3. The average Bonchev–Trinajstić information content (AvgIpc) is 3.63. The molecule has 2 saturated heterocycles. The van der Waals surface area contributed by atoms with Gasteiger partial charge in [0.2, 0.25) is 23.6 Å². The Morgan fingerprint density at radius 1 is 1.12 bits per heavy atom. The zero-order valence-corrected chi connectivity index (χ0v) is 22.8. The number of carbonyl (C=O) groups is 4. The summed E-state index contributed by atoms with van der Waals surface area (Å²) >= 11 is 0. The minimum absolute atomic E-state index is 0.0657. The van der Waals surface area contributed by atoms with Gasteiger partial charge in [0, 0.05) is 23.9 Å². The number of fused-ring (bicyclic) bond motifs is 2. The second-order valence-electron chi connectivity index (χ2n) is 12.4. The third kappa shape index (κ3) is 4.80. The van der Waals surface area contributed by atoms with E-state index in [1.54, 1.807) is 17.2 Å². The molecule has 2 aromatic rings. The van der Waals surface area contributed by atoms with Gasteiger partial charge in [0.1, 0.15) is 17.8 Å². The molecule has 4 aliphatic rings. The van der Waals surface area contributed by atoms with Gasteiger partial charge in [0.15, 0.2) is 6.04 Å². The number of rotatable bonds is 9. The minimum Gasteiger partial charge on any atom is -0.381 e. The first kappa shape index (κ1) is 26.6. The zero-order chi connectivity index (χ0) is 28.2. The van der Waals surface area contributed by atoms with E-state index in [2.05, 4.69) is 34.7 Å². The van der Waals surface area contributed by atoms with Crippen LogP contribution < -0.4 is 16.4 Å². The van der Waals surface area contributed by atoms with Crippen LogP contribution in [0.4, 0.5) is 0 Å². The summed E-state index contributed by atoms with van der Waals surface area (Å²) in [5, 5.41) is 15.4. The highest BCUT2D eigenvalue weighted by Crippen LogP contribution is 2.65. The molecule has 6 atom stereocenters. The fourth-order valence-electron chi connectivity index (χ4n) is 6.72. The number of benzene rings is 1. The maximum Gasteiger partial charge on any atom is 0.246 e. The number of ether oxygens (including phenoxy) is 1. The second kappa shape index (κ2) is 10.1. The van der Waals surface area contributed by atoms with E-state index in [1.807, 2.05) is 18.2 Å². The van der Waals surface area contributed by atoms with Crippen LogP contribution in [-0.4, -0.2) is 70.6 Å². The fourth-order valence-corrected chi connectivity index (χ4v) is 6.72. The van der Waals surface area contributed by atoms with Gasteiger partial charge in [0.25, 0.3) is 0 Å². The number of nitrogens with one attached hydrogen (secondary N) is 2. The molecule has 4 N–H and O–H groups in total. The van der Waals surface area contributed by atoms with Crippen LogP contribution in [0, 0.1) is 29.1 Å². The lowest BCUT2D eigenvalue weighted by Gasteiger charge is -2.34. The van der Waals surface area contributed by atoms with Crippen LogP contribution in [-0.2, 0) is 23.9 Å². The third-order valence-corrected chi connectivity index (χ3v) is 9.38. The van der Waals surface area contributed by atoms with Gasteiger partial charge in [0.05, 0.1) is 18.7 Å². The Kier molecular flexibility index (Phi) is 6.72. The molecule has 0 bridgehead atoms. The van der Waals surface area contributed by atoms with Crippen molar-refractivity contribution in [2.45, 2.75) is 57.7 Å². The Morgan fingerprint density at radius 3 is 2.60 bits per heavy atom. The Balaban J connectivity index is 1.25. The maximum absolute atomic E-state index is 14.0. The number of nitrogens with two attached hydrogens (primary N) is 1. The topological polar surface area (TPSA) is 157 Å². The first-order chi connectivity index (χ1) is 19.2. The van der Waals surface area contributed by atoms with Gasteiger partial charge in [-0.05, 0) is 36.0 Å². The molecule has 4 amide bonds. The van der Waals surface area contributed by atoms with E-state index in [0.29, 0.717) is 43.9 Å². The molecule has 0 radical (unpaired) electrons. The molecule has 2 aliphatic carbocycles. The monoisotopic (exact) mass is 548 g/mol. The molecule has 11 nitrogen and oxygen atoms in total. The first-order valence-electron chi connectivity index (χ1n) is 14.2. The van der Waals surface area contributed by atoms with Crippen LogP contribution in [0.15, 0.2) is 30.5 Å². The average molecular weight is 549 g/mol. The van der Waals surface area contributed by atoms with E-state index in [4.69, 9.17) is 10.5 Å². The quantitative estimate of drug-likeness (QED) is 0.423. The van der Waals surface area contributed by atoms with Gasteiger partial charge < -0.3 is 26.0 Å². The van der Waals surface area contributed by atoms with Gasteiger partial charge in [-0.3, -0.25) is 19.2 Å². The summed E-state index contributed by atoms with van der Waals surface area (Å²) in [5.41, 5.74) is 5.90. The van der Waals surface area contributed by atoms with Gasteiger partial charge in [-0.1, -0.05) is 51.0 Å². The largest absolute Gasteiger partial charge is 0.381 e. The summed E-state index contributed by atoms with van der Waals surface area (Å²) in [6.45, 7) is 5.50. The summed E-state index contributed by atoms with van der Waals surface area (Å²) in [7, 11) is 0. The lowest BCUT2D eigenvalue weighted by atomic mass is 9.98. The van der Waals surface area contributed by atoms with Gasteiger partial charge >= 0.3 is 0 Å². The first-order valence-corrected chi connectivity index (χ1v) is 14.2. The number of amides is 4. The number of piperidine rings is 1. The van der Waals surface area contributed by atoms with Crippen molar-refractivity contribution >= 4 is 34.4 Å². The SMILES string of the molecule is CC1(C)[C@@H]2[C@@H](C(=O)NC(C(N)=O)c3nncc4ccccc34)N(C(=O)C(CC3CC3)NC(=O)[C@H]3CCOC3)C[C@@H]21. The van der Waals surface area contributed by atoms with Gasteiger partial charge in [-0.2, -0.15) is 10.2 Å². The highest BCUT2D eigenvalue weighted by molar-refractivity contribution is 5.97. The van der Waals surface area contributed by atoms with E-state index in [1.165, 1.54) is 0 Å². The predicted molar refractivity (Wildman–Crippen MR) is 144 cm³/mol. The summed E-state index contributed by atoms with van der Waals surface area (Å²) in [5.74, 6) is -1.43. The van der Waals surface area contributed by atoms with Crippen molar-refractivity contribution in [3.05, 3.63) is 36.2 Å². The van der Waals surface area contributed by atoms with Crippen LogP contribution >= 0.6 is 0 Å². The van der Waals surface area contributed by atoms with Crippen LogP contribution in [0.1, 0.15) is 51.3 Å². The molecule has 0 spiro atoms. The van der Waals surface area contributed by atoms with Crippen LogP contribution in [0.25, 0.3) is 10.8 Å². The van der Waals surface area contributed by atoms with Crippen molar-refractivity contribution in [1.29, 1.82) is 0 Å². The van der Waals surface area contributed by atoms with Crippen molar-refractivity contribution in [2.24, 2.45) is 34.8 Å². The van der Waals surface area contributed by atoms with Crippen molar-refractivity contribution in [1.82, 2.24) is 25.7 Å². The number of nitrogens with zero attached hydrogens (tertiary/aromatic N) is 3. The van der Waals surface area contributed by atoms with E-state index >= 15 is 0 Å². The lowest BCUT2D eigenvalue weighted by molar-refractivity contribution is -0.144. The summed E-state index contributed by atoms with van der Waals surface area (Å²) in [6.07, 6.45) is 4.83. The molecule has 40 heavy (non-hydrogen) atoms. The Hall–Kier alpha value is -3.60.